The van der Waals surface area contributed by atoms with Gasteiger partial charge in [0.1, 0.15) is 11.7 Å². The van der Waals surface area contributed by atoms with Crippen LogP contribution in [0.15, 0.2) is 36.5 Å². The van der Waals surface area contributed by atoms with Gasteiger partial charge in [-0.15, -0.1) is 0 Å². The summed E-state index contributed by atoms with van der Waals surface area (Å²) in [5, 5.41) is 4.33. The SMILES string of the molecule is Nc1ccc2c(c1)c1cccnc1n2C1CCC(=O)NC1=O. The average molecular weight is 294 g/mol. The van der Waals surface area contributed by atoms with Crippen LogP contribution < -0.4 is 11.1 Å². The van der Waals surface area contributed by atoms with Crippen LogP contribution >= 0.6 is 0 Å². The number of nitrogens with one attached hydrogen (secondary N) is 1. The lowest BCUT2D eigenvalue weighted by Crippen LogP contribution is -2.41. The van der Waals surface area contributed by atoms with E-state index in [4.69, 9.17) is 5.73 Å². The number of amides is 2. The van der Waals surface area contributed by atoms with Crippen LogP contribution in [0, 0.1) is 0 Å². The molecule has 0 aliphatic carbocycles. The minimum Gasteiger partial charge on any atom is -0.399 e. The number of nitrogens with zero attached hydrogens (tertiary/aromatic N) is 2. The van der Waals surface area contributed by atoms with Gasteiger partial charge in [-0.05, 0) is 36.8 Å². The third-order valence-electron chi connectivity index (χ3n) is 4.11. The van der Waals surface area contributed by atoms with Gasteiger partial charge in [0.05, 0.1) is 5.52 Å². The molecule has 22 heavy (non-hydrogen) atoms. The van der Waals surface area contributed by atoms with Crippen molar-refractivity contribution in [2.45, 2.75) is 18.9 Å². The number of hydrogen-bond acceptors (Lipinski definition) is 4. The molecule has 1 aromatic carbocycles. The van der Waals surface area contributed by atoms with Gasteiger partial charge in [-0.1, -0.05) is 0 Å². The summed E-state index contributed by atoms with van der Waals surface area (Å²) < 4.78 is 1.91. The number of nitrogens with two attached hydrogens (primary N) is 1. The fraction of sp³-hybridized carbons (Fsp3) is 0.188. The number of carbonyl (C=O) groups is 2. The number of rotatable bonds is 1. The molecule has 2 aromatic heterocycles. The molecule has 6 nitrogen and oxygen atoms in total. The third-order valence-corrected chi connectivity index (χ3v) is 4.11. The van der Waals surface area contributed by atoms with E-state index in [1.807, 2.05) is 34.9 Å². The molecule has 3 heterocycles. The second-order valence-electron chi connectivity index (χ2n) is 5.49. The topological polar surface area (TPSA) is 90.0 Å². The van der Waals surface area contributed by atoms with Gasteiger partial charge < -0.3 is 10.3 Å². The number of nitrogen functional groups attached to an aromatic ring is 1. The van der Waals surface area contributed by atoms with E-state index < -0.39 is 6.04 Å². The van der Waals surface area contributed by atoms with Gasteiger partial charge in [-0.25, -0.2) is 4.98 Å². The maximum Gasteiger partial charge on any atom is 0.249 e. The van der Waals surface area contributed by atoms with E-state index in [0.29, 0.717) is 18.5 Å². The Morgan fingerprint density at radius 3 is 2.91 bits per heavy atom. The molecule has 1 unspecified atom stereocenters. The van der Waals surface area contributed by atoms with Crippen LogP contribution in [0.4, 0.5) is 5.69 Å². The van der Waals surface area contributed by atoms with Gasteiger partial charge in [0.25, 0.3) is 0 Å². The first kappa shape index (κ1) is 12.8. The van der Waals surface area contributed by atoms with Gasteiger partial charge in [-0.2, -0.15) is 0 Å². The number of hydrogen-bond donors (Lipinski definition) is 2. The number of imide groups is 1. The van der Waals surface area contributed by atoms with Crippen LogP contribution in [0.1, 0.15) is 18.9 Å². The summed E-state index contributed by atoms with van der Waals surface area (Å²) in [6.07, 6.45) is 2.51. The number of aromatic nitrogens is 2. The molecule has 0 bridgehead atoms. The van der Waals surface area contributed by atoms with Gasteiger partial charge in [0.15, 0.2) is 0 Å². The number of anilines is 1. The van der Waals surface area contributed by atoms with Crippen molar-refractivity contribution in [2.24, 2.45) is 0 Å². The molecular weight excluding hydrogens is 280 g/mol. The average Bonchev–Trinajstić information content (AvgIpc) is 2.82. The zero-order valence-electron chi connectivity index (χ0n) is 11.7. The Balaban J connectivity index is 2.03. The summed E-state index contributed by atoms with van der Waals surface area (Å²) in [5.74, 6) is -0.503. The molecule has 6 heteroatoms. The van der Waals surface area contributed by atoms with E-state index in [2.05, 4.69) is 10.3 Å². The lowest BCUT2D eigenvalue weighted by molar-refractivity contribution is -0.135. The molecule has 1 saturated heterocycles. The Morgan fingerprint density at radius 1 is 1.23 bits per heavy atom. The van der Waals surface area contributed by atoms with Gasteiger partial charge >= 0.3 is 0 Å². The van der Waals surface area contributed by atoms with Crippen molar-refractivity contribution in [3.05, 3.63) is 36.5 Å². The normalized spacial score (nSPS) is 18.8. The summed E-state index contributed by atoms with van der Waals surface area (Å²) in [5.41, 5.74) is 8.19. The predicted octanol–water partition coefficient (Wildman–Crippen LogP) is 1.75. The van der Waals surface area contributed by atoms with Crippen molar-refractivity contribution >= 4 is 39.4 Å². The van der Waals surface area contributed by atoms with Crippen molar-refractivity contribution in [3.8, 4) is 0 Å². The first-order valence-electron chi connectivity index (χ1n) is 7.13. The second-order valence-corrected chi connectivity index (χ2v) is 5.49. The van der Waals surface area contributed by atoms with Crippen LogP contribution in [0.5, 0.6) is 0 Å². The number of piperidine rings is 1. The quantitative estimate of drug-likeness (QED) is 0.528. The van der Waals surface area contributed by atoms with E-state index >= 15 is 0 Å². The number of benzene rings is 1. The van der Waals surface area contributed by atoms with E-state index in [-0.39, 0.29) is 11.8 Å². The molecule has 1 aliphatic rings. The highest BCUT2D eigenvalue weighted by molar-refractivity contribution is 6.09. The summed E-state index contributed by atoms with van der Waals surface area (Å²) >= 11 is 0. The maximum absolute atomic E-state index is 12.3. The Morgan fingerprint density at radius 2 is 2.09 bits per heavy atom. The van der Waals surface area contributed by atoms with Crippen LogP contribution in [-0.4, -0.2) is 21.4 Å². The van der Waals surface area contributed by atoms with Crippen LogP contribution in [-0.2, 0) is 9.59 Å². The van der Waals surface area contributed by atoms with Gasteiger partial charge in [0, 0.05) is 29.1 Å². The van der Waals surface area contributed by atoms with Crippen molar-refractivity contribution in [2.75, 3.05) is 5.73 Å². The number of pyridine rings is 1. The van der Waals surface area contributed by atoms with E-state index in [0.717, 1.165) is 21.9 Å². The highest BCUT2D eigenvalue weighted by atomic mass is 16.2. The summed E-state index contributed by atoms with van der Waals surface area (Å²) in [7, 11) is 0. The number of fused-ring (bicyclic) bond motifs is 3. The molecule has 0 saturated carbocycles. The van der Waals surface area contributed by atoms with Crippen molar-refractivity contribution in [1.29, 1.82) is 0 Å². The highest BCUT2D eigenvalue weighted by Gasteiger charge is 2.30. The minimum absolute atomic E-state index is 0.223. The Labute approximate surface area is 125 Å². The second kappa shape index (κ2) is 4.56. The molecule has 0 spiro atoms. The Hall–Kier alpha value is -2.89. The van der Waals surface area contributed by atoms with E-state index in [9.17, 15) is 9.59 Å². The monoisotopic (exact) mass is 294 g/mol. The van der Waals surface area contributed by atoms with E-state index in [1.165, 1.54) is 0 Å². The van der Waals surface area contributed by atoms with E-state index in [1.54, 1.807) is 6.20 Å². The molecule has 3 N–H and O–H groups in total. The molecular formula is C16H14N4O2. The van der Waals surface area contributed by atoms with Crippen molar-refractivity contribution < 1.29 is 9.59 Å². The highest BCUT2D eigenvalue weighted by Crippen LogP contribution is 2.34. The zero-order valence-corrected chi connectivity index (χ0v) is 11.7. The Kier molecular flexibility index (Phi) is 2.66. The van der Waals surface area contributed by atoms with Crippen molar-refractivity contribution in [1.82, 2.24) is 14.9 Å². The van der Waals surface area contributed by atoms with Crippen LogP contribution in [0.25, 0.3) is 21.9 Å². The molecule has 110 valence electrons. The Bertz CT molecular complexity index is 928. The molecule has 1 atom stereocenters. The van der Waals surface area contributed by atoms with Crippen molar-refractivity contribution in [3.63, 3.8) is 0 Å². The minimum atomic E-state index is -0.434. The standard InChI is InChI=1S/C16H14N4O2/c17-9-3-4-12-11(8-9)10-2-1-7-18-15(10)20(12)13-5-6-14(21)19-16(13)22/h1-4,7-8,13H,5-6,17H2,(H,19,21,22). The molecule has 0 radical (unpaired) electrons. The fourth-order valence-corrected chi connectivity index (χ4v) is 3.14. The molecule has 1 aliphatic heterocycles. The molecule has 3 aromatic rings. The lowest BCUT2D eigenvalue weighted by atomic mass is 10.1. The first-order chi connectivity index (χ1) is 10.6. The first-order valence-corrected chi connectivity index (χ1v) is 7.13. The summed E-state index contributed by atoms with van der Waals surface area (Å²) in [4.78, 5) is 28.1. The largest absolute Gasteiger partial charge is 0.399 e. The third kappa shape index (κ3) is 1.77. The molecule has 1 fully saturated rings. The smallest absolute Gasteiger partial charge is 0.249 e. The number of carbonyl (C=O) groups excluding carboxylic acids is 2. The van der Waals surface area contributed by atoms with Crippen LogP contribution in [0.3, 0.4) is 0 Å². The maximum atomic E-state index is 12.3. The lowest BCUT2D eigenvalue weighted by Gasteiger charge is -2.23. The molecule has 2 amide bonds. The summed E-state index contributed by atoms with van der Waals surface area (Å²) in [6, 6.07) is 8.99. The fourth-order valence-electron chi connectivity index (χ4n) is 3.14. The molecule has 4 rings (SSSR count). The summed E-state index contributed by atoms with van der Waals surface area (Å²) in [6.45, 7) is 0. The van der Waals surface area contributed by atoms with Gasteiger partial charge in [-0.3, -0.25) is 14.9 Å². The predicted molar refractivity (Wildman–Crippen MR) is 83.1 cm³/mol. The van der Waals surface area contributed by atoms with Crippen LogP contribution in [0.2, 0.25) is 0 Å². The zero-order chi connectivity index (χ0) is 15.3. The van der Waals surface area contributed by atoms with Gasteiger partial charge in [0.2, 0.25) is 11.8 Å².